The van der Waals surface area contributed by atoms with Gasteiger partial charge in [0.15, 0.2) is 5.76 Å². The Morgan fingerprint density at radius 1 is 1.11 bits per heavy atom. The van der Waals surface area contributed by atoms with E-state index < -0.39 is 21.9 Å². The van der Waals surface area contributed by atoms with Gasteiger partial charge < -0.3 is 14.2 Å². The van der Waals surface area contributed by atoms with Gasteiger partial charge in [0.25, 0.3) is 0 Å². The van der Waals surface area contributed by atoms with Crippen LogP contribution < -0.4 is 4.90 Å². The Balaban J connectivity index is 1.36. The third-order valence-electron chi connectivity index (χ3n) is 5.93. The molecule has 1 atom stereocenters. The first-order chi connectivity index (χ1) is 16.8. The molecule has 0 N–H and O–H groups in total. The van der Waals surface area contributed by atoms with Gasteiger partial charge in [0, 0.05) is 43.4 Å². The molecular formula is C25H27N3O6S. The Kier molecular flexibility index (Phi) is 7.32. The maximum Gasteiger partial charge on any atom is 0.311 e. The first-order valence-electron chi connectivity index (χ1n) is 11.4. The van der Waals surface area contributed by atoms with E-state index >= 15 is 0 Å². The van der Waals surface area contributed by atoms with Gasteiger partial charge in [-0.1, -0.05) is 49.3 Å². The molecule has 0 saturated carbocycles. The van der Waals surface area contributed by atoms with Gasteiger partial charge >= 0.3 is 5.97 Å². The minimum atomic E-state index is -3.59. The summed E-state index contributed by atoms with van der Waals surface area (Å²) in [5, 5.41) is 3.94. The monoisotopic (exact) mass is 497 g/mol. The molecule has 3 aromatic rings. The molecule has 1 aliphatic rings. The summed E-state index contributed by atoms with van der Waals surface area (Å²) in [7, 11) is -3.59. The molecule has 0 aliphatic carbocycles. The number of esters is 1. The fourth-order valence-corrected chi connectivity index (χ4v) is 5.46. The summed E-state index contributed by atoms with van der Waals surface area (Å²) in [4.78, 5) is 26.8. The van der Waals surface area contributed by atoms with Gasteiger partial charge in [-0.3, -0.25) is 9.59 Å². The van der Waals surface area contributed by atoms with Crippen LogP contribution in [-0.2, 0) is 31.0 Å². The van der Waals surface area contributed by atoms with Gasteiger partial charge in [-0.25, -0.2) is 8.42 Å². The summed E-state index contributed by atoms with van der Waals surface area (Å²) in [5.74, 6) is -0.766. The number of hydrogen-bond acceptors (Lipinski definition) is 7. The fraction of sp³-hybridized carbons (Fsp3) is 0.320. The summed E-state index contributed by atoms with van der Waals surface area (Å²) in [6.07, 6.45) is 0.0202. The molecule has 2 heterocycles. The van der Waals surface area contributed by atoms with Crippen LogP contribution in [0.15, 0.2) is 70.1 Å². The van der Waals surface area contributed by atoms with Crippen molar-refractivity contribution in [2.24, 2.45) is 5.92 Å². The van der Waals surface area contributed by atoms with Gasteiger partial charge in [0.05, 0.1) is 10.8 Å². The number of carbonyl (C=O) groups is 2. The zero-order valence-corrected chi connectivity index (χ0v) is 20.4. The SMILES string of the molecule is CCN(CC)S(=O)(=O)c1ccc(N2CC(C(=O)OCc3cc(-c4ccccc4)on3)CC2=O)cc1. The van der Waals surface area contributed by atoms with Gasteiger partial charge in [0.2, 0.25) is 15.9 Å². The predicted molar refractivity (Wildman–Crippen MR) is 129 cm³/mol. The smallest absolute Gasteiger partial charge is 0.311 e. The van der Waals surface area contributed by atoms with E-state index in [2.05, 4.69) is 5.16 Å². The fourth-order valence-electron chi connectivity index (χ4n) is 4.01. The van der Waals surface area contributed by atoms with Crippen LogP contribution in [0.4, 0.5) is 5.69 Å². The van der Waals surface area contributed by atoms with Gasteiger partial charge in [-0.05, 0) is 24.3 Å². The zero-order valence-electron chi connectivity index (χ0n) is 19.6. The van der Waals surface area contributed by atoms with E-state index in [1.165, 1.54) is 21.3 Å². The summed E-state index contributed by atoms with van der Waals surface area (Å²) >= 11 is 0. The molecule has 0 spiro atoms. The molecule has 184 valence electrons. The lowest BCUT2D eigenvalue weighted by Crippen LogP contribution is -2.30. The molecule has 0 radical (unpaired) electrons. The Hall–Kier alpha value is -3.50. The van der Waals surface area contributed by atoms with Crippen molar-refractivity contribution in [2.45, 2.75) is 31.8 Å². The standard InChI is InChI=1S/C25H27N3O6S/c1-3-27(4-2)35(31,32)22-12-10-21(11-13-22)28-16-19(14-24(28)29)25(30)33-17-20-15-23(34-26-20)18-8-6-5-7-9-18/h5-13,15,19H,3-4,14,16-17H2,1-2H3. The summed E-state index contributed by atoms with van der Waals surface area (Å²) in [5.41, 5.74) is 1.88. The van der Waals surface area contributed by atoms with Crippen molar-refractivity contribution in [3.8, 4) is 11.3 Å². The van der Waals surface area contributed by atoms with Gasteiger partial charge in [-0.15, -0.1) is 0 Å². The number of benzene rings is 2. The third-order valence-corrected chi connectivity index (χ3v) is 7.99. The third kappa shape index (κ3) is 5.28. The van der Waals surface area contributed by atoms with Gasteiger partial charge in [-0.2, -0.15) is 4.31 Å². The van der Waals surface area contributed by atoms with E-state index in [4.69, 9.17) is 9.26 Å². The van der Waals surface area contributed by atoms with E-state index in [1.807, 2.05) is 30.3 Å². The lowest BCUT2D eigenvalue weighted by Gasteiger charge is -2.20. The Morgan fingerprint density at radius 2 is 1.80 bits per heavy atom. The molecule has 1 saturated heterocycles. The number of rotatable bonds is 9. The number of anilines is 1. The molecule has 9 nitrogen and oxygen atoms in total. The predicted octanol–water partition coefficient (Wildman–Crippen LogP) is 3.47. The molecule has 10 heteroatoms. The lowest BCUT2D eigenvalue weighted by atomic mass is 10.1. The summed E-state index contributed by atoms with van der Waals surface area (Å²) in [6.45, 7) is 4.41. The number of aromatic nitrogens is 1. The molecule has 1 fully saturated rings. The Bertz CT molecular complexity index is 1280. The topological polar surface area (TPSA) is 110 Å². The normalized spacial score (nSPS) is 16.1. The van der Waals surface area contributed by atoms with Crippen molar-refractivity contribution in [2.75, 3.05) is 24.5 Å². The number of sulfonamides is 1. The number of nitrogens with zero attached hydrogens (tertiary/aromatic N) is 3. The van der Waals surface area contributed by atoms with E-state index in [9.17, 15) is 18.0 Å². The molecular weight excluding hydrogens is 470 g/mol. The van der Waals surface area contributed by atoms with Crippen LogP contribution in [0, 0.1) is 5.92 Å². The quantitative estimate of drug-likeness (QED) is 0.416. The molecule has 1 unspecified atom stereocenters. The van der Waals surface area contributed by atoms with Crippen molar-refractivity contribution in [3.63, 3.8) is 0 Å². The molecule has 4 rings (SSSR count). The highest BCUT2D eigenvalue weighted by molar-refractivity contribution is 7.89. The van der Waals surface area contributed by atoms with Gasteiger partial charge in [0.1, 0.15) is 12.3 Å². The van der Waals surface area contributed by atoms with Crippen molar-refractivity contribution in [1.29, 1.82) is 0 Å². The van der Waals surface area contributed by atoms with E-state index in [0.29, 0.717) is 30.2 Å². The molecule has 1 amide bonds. The summed E-state index contributed by atoms with van der Waals surface area (Å²) in [6, 6.07) is 17.3. The number of ether oxygens (including phenoxy) is 1. The Labute approximate surface area is 204 Å². The second kappa shape index (κ2) is 10.4. The Morgan fingerprint density at radius 3 is 2.46 bits per heavy atom. The minimum absolute atomic E-state index is 0.0202. The second-order valence-corrected chi connectivity index (χ2v) is 10.1. The van der Waals surface area contributed by atoms with Crippen molar-refractivity contribution >= 4 is 27.6 Å². The number of hydrogen-bond donors (Lipinski definition) is 0. The van der Waals surface area contributed by atoms with Crippen LogP contribution in [0.5, 0.6) is 0 Å². The van der Waals surface area contributed by atoms with Crippen LogP contribution in [0.25, 0.3) is 11.3 Å². The van der Waals surface area contributed by atoms with Crippen molar-refractivity contribution in [3.05, 3.63) is 66.4 Å². The highest BCUT2D eigenvalue weighted by atomic mass is 32.2. The van der Waals surface area contributed by atoms with Crippen molar-refractivity contribution in [1.82, 2.24) is 9.46 Å². The zero-order chi connectivity index (χ0) is 25.0. The minimum Gasteiger partial charge on any atom is -0.459 e. The first-order valence-corrected chi connectivity index (χ1v) is 12.9. The summed E-state index contributed by atoms with van der Waals surface area (Å²) < 4.78 is 37.4. The lowest BCUT2D eigenvalue weighted by molar-refractivity contribution is -0.149. The average molecular weight is 498 g/mol. The van der Waals surface area contributed by atoms with E-state index in [0.717, 1.165) is 5.56 Å². The van der Waals surface area contributed by atoms with E-state index in [-0.39, 0.29) is 30.4 Å². The van der Waals surface area contributed by atoms with Crippen LogP contribution in [-0.4, -0.2) is 49.4 Å². The maximum absolute atomic E-state index is 12.7. The van der Waals surface area contributed by atoms with Crippen LogP contribution in [0.3, 0.4) is 0 Å². The van der Waals surface area contributed by atoms with Crippen LogP contribution >= 0.6 is 0 Å². The molecule has 1 aromatic heterocycles. The molecule has 1 aliphatic heterocycles. The first kappa shape index (κ1) is 24.6. The highest BCUT2D eigenvalue weighted by Gasteiger charge is 2.36. The molecule has 0 bridgehead atoms. The molecule has 2 aromatic carbocycles. The second-order valence-electron chi connectivity index (χ2n) is 8.14. The van der Waals surface area contributed by atoms with Crippen LogP contribution in [0.1, 0.15) is 26.0 Å². The largest absolute Gasteiger partial charge is 0.459 e. The van der Waals surface area contributed by atoms with E-state index in [1.54, 1.807) is 32.0 Å². The van der Waals surface area contributed by atoms with Crippen molar-refractivity contribution < 1.29 is 27.3 Å². The number of amides is 1. The van der Waals surface area contributed by atoms with Crippen LogP contribution in [0.2, 0.25) is 0 Å². The highest BCUT2D eigenvalue weighted by Crippen LogP contribution is 2.28. The average Bonchev–Trinajstić information content (AvgIpc) is 3.51. The maximum atomic E-state index is 12.7. The number of carbonyl (C=O) groups excluding carboxylic acids is 2. The molecule has 35 heavy (non-hydrogen) atoms.